The quantitative estimate of drug-likeness (QED) is 0.0338. The first-order valence-electron chi connectivity index (χ1n) is 20.1. The van der Waals surface area contributed by atoms with Gasteiger partial charge in [-0.05, 0) is 52.4 Å². The average Bonchev–Trinajstić information content (AvgIpc) is 3.13. The van der Waals surface area contributed by atoms with Crippen molar-refractivity contribution in [2.24, 2.45) is 0 Å². The summed E-state index contributed by atoms with van der Waals surface area (Å²) in [7, 11) is 0. The Kier molecular flexibility index (Phi) is 30.7. The summed E-state index contributed by atoms with van der Waals surface area (Å²) in [5.74, 6) is -5.73. The number of carboxylic acids is 2. The first kappa shape index (κ1) is 49.8. The Hall–Kier alpha value is -4.23. The molecule has 0 heterocycles. The molecule has 0 aromatic carbocycles. The fraction of sp³-hybridized carbons (Fsp3) is 0.725. The van der Waals surface area contributed by atoms with Gasteiger partial charge in [-0.1, -0.05) is 115 Å². The van der Waals surface area contributed by atoms with E-state index < -0.39 is 66.7 Å². The van der Waals surface area contributed by atoms with Gasteiger partial charge in [-0.2, -0.15) is 0 Å². The molecule has 0 aromatic heterocycles. The third-order valence-corrected chi connectivity index (χ3v) is 8.80. The van der Waals surface area contributed by atoms with Gasteiger partial charge in [0, 0.05) is 12.8 Å². The topological polar surface area (TPSA) is 220 Å². The molecular formula is C40H69N5O9. The van der Waals surface area contributed by atoms with E-state index in [0.29, 0.717) is 6.42 Å². The molecule has 0 bridgehead atoms. The molecule has 3 atom stereocenters. The van der Waals surface area contributed by atoms with E-state index in [4.69, 9.17) is 10.2 Å². The first-order chi connectivity index (χ1) is 25.9. The molecule has 14 nitrogen and oxygen atoms in total. The van der Waals surface area contributed by atoms with Crippen molar-refractivity contribution in [2.75, 3.05) is 13.1 Å². The van der Waals surface area contributed by atoms with Crippen LogP contribution in [-0.2, 0) is 33.6 Å². The Morgan fingerprint density at radius 1 is 0.519 bits per heavy atom. The lowest BCUT2D eigenvalue weighted by Crippen LogP contribution is -2.53. The van der Waals surface area contributed by atoms with Gasteiger partial charge in [0.2, 0.25) is 29.5 Å². The highest BCUT2D eigenvalue weighted by Gasteiger charge is 2.25. The molecule has 0 spiro atoms. The number of amides is 5. The van der Waals surface area contributed by atoms with Crippen molar-refractivity contribution < 1.29 is 43.8 Å². The maximum atomic E-state index is 12.3. The van der Waals surface area contributed by atoms with Crippen LogP contribution in [0.5, 0.6) is 0 Å². The summed E-state index contributed by atoms with van der Waals surface area (Å²) in [4.78, 5) is 83.0. The van der Waals surface area contributed by atoms with Crippen LogP contribution >= 0.6 is 0 Å². The molecule has 7 N–H and O–H groups in total. The van der Waals surface area contributed by atoms with E-state index in [9.17, 15) is 33.6 Å². The molecule has 0 radical (unpaired) electrons. The summed E-state index contributed by atoms with van der Waals surface area (Å²) in [6.45, 7) is 4.13. The van der Waals surface area contributed by atoms with Gasteiger partial charge < -0.3 is 36.8 Å². The molecule has 308 valence electrons. The minimum atomic E-state index is -1.45. The van der Waals surface area contributed by atoms with Gasteiger partial charge in [-0.15, -0.1) is 0 Å². The van der Waals surface area contributed by atoms with Crippen molar-refractivity contribution >= 4 is 41.5 Å². The molecule has 14 heteroatoms. The van der Waals surface area contributed by atoms with E-state index >= 15 is 0 Å². The normalized spacial score (nSPS) is 12.9. The summed E-state index contributed by atoms with van der Waals surface area (Å²) in [5, 5.41) is 29.6. The lowest BCUT2D eigenvalue weighted by atomic mass is 10.1. The van der Waals surface area contributed by atoms with E-state index in [1.54, 1.807) is 0 Å². The number of carboxylic acid groups (broad SMARTS) is 2. The van der Waals surface area contributed by atoms with Crippen molar-refractivity contribution in [3.05, 3.63) is 24.3 Å². The lowest BCUT2D eigenvalue weighted by molar-refractivity contribution is -0.143. The SMILES string of the molecule is CCCCCCCCCCCC/C=C/C=C/CCCCCCCCC(=O)NCC(=O)N[C@@H](C)C(=O)NCC(=O)N[C@@H](C)C(=O)N[C@@H](CCC(=O)O)C(=O)O. The molecule has 0 saturated carbocycles. The fourth-order valence-corrected chi connectivity index (χ4v) is 5.48. The molecule has 0 aromatic rings. The number of allylic oxidation sites excluding steroid dienone is 4. The van der Waals surface area contributed by atoms with Crippen LogP contribution in [0, 0.1) is 0 Å². The molecule has 0 aliphatic rings. The number of hydrogen-bond donors (Lipinski definition) is 7. The van der Waals surface area contributed by atoms with Gasteiger partial charge in [-0.25, -0.2) is 4.79 Å². The predicted molar refractivity (Wildman–Crippen MR) is 209 cm³/mol. The summed E-state index contributed by atoms with van der Waals surface area (Å²) < 4.78 is 0. The Morgan fingerprint density at radius 3 is 1.44 bits per heavy atom. The van der Waals surface area contributed by atoms with E-state index in [2.05, 4.69) is 57.8 Å². The van der Waals surface area contributed by atoms with Crippen LogP contribution in [0.25, 0.3) is 0 Å². The van der Waals surface area contributed by atoms with Crippen molar-refractivity contribution in [3.63, 3.8) is 0 Å². The second-order valence-corrected chi connectivity index (χ2v) is 13.9. The Balaban J connectivity index is 3.90. The number of rotatable bonds is 34. The molecule has 0 rings (SSSR count). The zero-order valence-corrected chi connectivity index (χ0v) is 33.1. The number of nitrogens with one attached hydrogen (secondary N) is 5. The zero-order valence-electron chi connectivity index (χ0n) is 33.1. The Labute approximate surface area is 322 Å². The highest BCUT2D eigenvalue weighted by Crippen LogP contribution is 2.12. The van der Waals surface area contributed by atoms with Crippen LogP contribution in [0.4, 0.5) is 0 Å². The molecule has 0 fully saturated rings. The van der Waals surface area contributed by atoms with Crippen LogP contribution in [0.15, 0.2) is 24.3 Å². The summed E-state index contributed by atoms with van der Waals surface area (Å²) in [6.07, 6.45) is 30.3. The third kappa shape index (κ3) is 30.3. The van der Waals surface area contributed by atoms with Gasteiger partial charge in [0.15, 0.2) is 0 Å². The summed E-state index contributed by atoms with van der Waals surface area (Å²) in [5.41, 5.74) is 0. The van der Waals surface area contributed by atoms with Crippen molar-refractivity contribution in [1.82, 2.24) is 26.6 Å². The van der Waals surface area contributed by atoms with Gasteiger partial charge in [0.25, 0.3) is 0 Å². The van der Waals surface area contributed by atoms with Gasteiger partial charge in [-0.3, -0.25) is 28.8 Å². The Morgan fingerprint density at radius 2 is 0.963 bits per heavy atom. The smallest absolute Gasteiger partial charge is 0.326 e. The van der Waals surface area contributed by atoms with Crippen LogP contribution in [0.1, 0.15) is 156 Å². The van der Waals surface area contributed by atoms with Crippen LogP contribution in [0.3, 0.4) is 0 Å². The van der Waals surface area contributed by atoms with E-state index in [1.807, 2.05) is 0 Å². The second kappa shape index (κ2) is 33.3. The van der Waals surface area contributed by atoms with E-state index in [0.717, 1.165) is 51.4 Å². The van der Waals surface area contributed by atoms with Gasteiger partial charge in [0.1, 0.15) is 18.1 Å². The number of unbranched alkanes of at least 4 members (excludes halogenated alkanes) is 16. The molecule has 54 heavy (non-hydrogen) atoms. The summed E-state index contributed by atoms with van der Waals surface area (Å²) in [6, 6.07) is -3.63. The lowest BCUT2D eigenvalue weighted by Gasteiger charge is -2.19. The van der Waals surface area contributed by atoms with E-state index in [1.165, 1.54) is 78.1 Å². The fourth-order valence-electron chi connectivity index (χ4n) is 5.48. The minimum Gasteiger partial charge on any atom is -0.481 e. The molecule has 0 saturated heterocycles. The number of aliphatic carboxylic acids is 2. The molecule has 0 unspecified atom stereocenters. The predicted octanol–water partition coefficient (Wildman–Crippen LogP) is 5.21. The summed E-state index contributed by atoms with van der Waals surface area (Å²) >= 11 is 0. The third-order valence-electron chi connectivity index (χ3n) is 8.80. The maximum Gasteiger partial charge on any atom is 0.326 e. The second-order valence-electron chi connectivity index (χ2n) is 13.9. The first-order valence-corrected chi connectivity index (χ1v) is 20.1. The van der Waals surface area contributed by atoms with Gasteiger partial charge in [0.05, 0.1) is 13.1 Å². The monoisotopic (exact) mass is 764 g/mol. The highest BCUT2D eigenvalue weighted by atomic mass is 16.4. The van der Waals surface area contributed by atoms with Crippen LogP contribution in [0.2, 0.25) is 0 Å². The van der Waals surface area contributed by atoms with Crippen LogP contribution in [-0.4, -0.2) is 82.9 Å². The Bertz CT molecular complexity index is 1170. The number of carbonyl (C=O) groups excluding carboxylic acids is 5. The number of hydrogen-bond acceptors (Lipinski definition) is 7. The van der Waals surface area contributed by atoms with Crippen molar-refractivity contribution in [1.29, 1.82) is 0 Å². The molecular weight excluding hydrogens is 694 g/mol. The molecule has 5 amide bonds. The molecule has 0 aliphatic carbocycles. The average molecular weight is 764 g/mol. The standard InChI is InChI=1S/C40H69N5O9/c1-4-5-6-7-8-9-10-11-12-13-14-15-16-17-18-19-20-21-22-23-24-25-26-34(46)41-29-35(47)43-31(2)38(51)42-30-36(48)44-32(3)39(52)45-33(40(53)54)27-28-37(49)50/h15-18,31-33H,4-14,19-30H2,1-3H3,(H,41,46)(H,42,51)(H,43,47)(H,44,48)(H,45,52)(H,49,50)(H,53,54)/b16-15+,18-17+/t31-,32-,33-/m0/s1. The van der Waals surface area contributed by atoms with E-state index in [-0.39, 0.29) is 18.9 Å². The van der Waals surface area contributed by atoms with Crippen molar-refractivity contribution in [3.8, 4) is 0 Å². The zero-order chi connectivity index (χ0) is 40.4. The van der Waals surface area contributed by atoms with Crippen molar-refractivity contribution in [2.45, 2.75) is 174 Å². The van der Waals surface area contributed by atoms with Gasteiger partial charge >= 0.3 is 11.9 Å². The number of carbonyl (C=O) groups is 7. The van der Waals surface area contributed by atoms with Crippen LogP contribution < -0.4 is 26.6 Å². The molecule has 0 aliphatic heterocycles. The highest BCUT2D eigenvalue weighted by molar-refractivity contribution is 5.93. The minimum absolute atomic E-state index is 0.250. The maximum absolute atomic E-state index is 12.3. The largest absolute Gasteiger partial charge is 0.481 e.